The largest absolute Gasteiger partial charge is 0.493 e. The van der Waals surface area contributed by atoms with Gasteiger partial charge in [-0.25, -0.2) is 0 Å². The Morgan fingerprint density at radius 1 is 1.33 bits per heavy atom. The standard InChI is InChI=1S/C16H22N2O2S/c1-11(2)18-16(14(20-4)9-17-18)13(19)10-21-15-8-6-5-7-12(15)3/h5-9,11,13,19H,10H2,1-4H3. The van der Waals surface area contributed by atoms with Crippen molar-refractivity contribution < 1.29 is 9.84 Å². The molecular weight excluding hydrogens is 284 g/mol. The maximum absolute atomic E-state index is 10.5. The molecule has 114 valence electrons. The molecule has 0 aliphatic heterocycles. The second-order valence-corrected chi connectivity index (χ2v) is 6.29. The molecule has 0 amide bonds. The van der Waals surface area contributed by atoms with Crippen molar-refractivity contribution in [2.45, 2.75) is 37.8 Å². The summed E-state index contributed by atoms with van der Waals surface area (Å²) in [7, 11) is 1.60. The van der Waals surface area contributed by atoms with Crippen LogP contribution in [0.15, 0.2) is 35.4 Å². The summed E-state index contributed by atoms with van der Waals surface area (Å²) in [6, 6.07) is 8.37. The summed E-state index contributed by atoms with van der Waals surface area (Å²) in [4.78, 5) is 1.19. The predicted molar refractivity (Wildman–Crippen MR) is 86.0 cm³/mol. The van der Waals surface area contributed by atoms with Gasteiger partial charge >= 0.3 is 0 Å². The number of methoxy groups -OCH3 is 1. The van der Waals surface area contributed by atoms with Crippen LogP contribution in [0.5, 0.6) is 5.75 Å². The first-order valence-corrected chi connectivity index (χ1v) is 8.01. The summed E-state index contributed by atoms with van der Waals surface area (Å²) < 4.78 is 7.14. The first-order chi connectivity index (χ1) is 10.0. The number of aromatic nitrogens is 2. The Bertz CT molecular complexity index is 596. The zero-order valence-corrected chi connectivity index (χ0v) is 13.7. The van der Waals surface area contributed by atoms with Crippen LogP contribution >= 0.6 is 11.8 Å². The molecule has 21 heavy (non-hydrogen) atoms. The fraction of sp³-hybridized carbons (Fsp3) is 0.438. The van der Waals surface area contributed by atoms with E-state index < -0.39 is 6.10 Å². The van der Waals surface area contributed by atoms with Crippen LogP contribution in [0.25, 0.3) is 0 Å². The van der Waals surface area contributed by atoms with Gasteiger partial charge in [0.1, 0.15) is 11.8 Å². The summed E-state index contributed by atoms with van der Waals surface area (Å²) in [6.45, 7) is 6.15. The smallest absolute Gasteiger partial charge is 0.162 e. The molecule has 0 aliphatic carbocycles. The highest BCUT2D eigenvalue weighted by Crippen LogP contribution is 2.32. The molecule has 2 aromatic rings. The second kappa shape index (κ2) is 7.00. The van der Waals surface area contributed by atoms with E-state index in [1.165, 1.54) is 10.5 Å². The lowest BCUT2D eigenvalue weighted by Gasteiger charge is -2.17. The normalized spacial score (nSPS) is 12.7. The van der Waals surface area contributed by atoms with Crippen LogP contribution in [-0.4, -0.2) is 27.7 Å². The fourth-order valence-corrected chi connectivity index (χ4v) is 3.17. The minimum atomic E-state index is -0.616. The molecule has 1 atom stereocenters. The third-order valence-corrected chi connectivity index (χ3v) is 4.57. The van der Waals surface area contributed by atoms with E-state index in [0.29, 0.717) is 11.5 Å². The van der Waals surface area contributed by atoms with Crippen molar-refractivity contribution in [1.29, 1.82) is 0 Å². The Balaban J connectivity index is 2.15. The lowest BCUT2D eigenvalue weighted by Crippen LogP contribution is -2.13. The van der Waals surface area contributed by atoms with Crippen LogP contribution < -0.4 is 4.74 Å². The van der Waals surface area contributed by atoms with E-state index in [4.69, 9.17) is 4.74 Å². The summed E-state index contributed by atoms with van der Waals surface area (Å²) >= 11 is 1.65. The summed E-state index contributed by atoms with van der Waals surface area (Å²) in [6.07, 6.45) is 1.05. The van der Waals surface area contributed by atoms with Crippen molar-refractivity contribution in [2.75, 3.05) is 12.9 Å². The number of thioether (sulfide) groups is 1. The van der Waals surface area contributed by atoms with Gasteiger partial charge in [-0.3, -0.25) is 4.68 Å². The van der Waals surface area contributed by atoms with Crippen molar-refractivity contribution in [1.82, 2.24) is 9.78 Å². The average molecular weight is 306 g/mol. The van der Waals surface area contributed by atoms with Crippen molar-refractivity contribution in [3.63, 3.8) is 0 Å². The number of aryl methyl sites for hydroxylation is 1. The van der Waals surface area contributed by atoms with Crippen LogP contribution in [0.2, 0.25) is 0 Å². The second-order valence-electron chi connectivity index (χ2n) is 5.23. The number of rotatable bonds is 6. The number of aliphatic hydroxyl groups excluding tert-OH is 1. The van der Waals surface area contributed by atoms with Gasteiger partial charge in [-0.2, -0.15) is 5.10 Å². The van der Waals surface area contributed by atoms with E-state index in [2.05, 4.69) is 24.2 Å². The Morgan fingerprint density at radius 3 is 2.67 bits per heavy atom. The summed E-state index contributed by atoms with van der Waals surface area (Å²) in [5, 5.41) is 14.8. The molecule has 1 aromatic carbocycles. The highest BCUT2D eigenvalue weighted by Gasteiger charge is 2.21. The van der Waals surface area contributed by atoms with Gasteiger partial charge in [-0.15, -0.1) is 11.8 Å². The number of hydrogen-bond acceptors (Lipinski definition) is 4. The Kier molecular flexibility index (Phi) is 5.31. The van der Waals surface area contributed by atoms with Gasteiger partial charge in [0, 0.05) is 16.7 Å². The maximum Gasteiger partial charge on any atom is 0.162 e. The first-order valence-electron chi connectivity index (χ1n) is 7.02. The van der Waals surface area contributed by atoms with Crippen LogP contribution in [0.3, 0.4) is 0 Å². The van der Waals surface area contributed by atoms with E-state index >= 15 is 0 Å². The van der Waals surface area contributed by atoms with Crippen LogP contribution in [0.4, 0.5) is 0 Å². The fourth-order valence-electron chi connectivity index (χ4n) is 2.21. The monoisotopic (exact) mass is 306 g/mol. The van der Waals surface area contributed by atoms with Crippen molar-refractivity contribution >= 4 is 11.8 Å². The predicted octanol–water partition coefficient (Wildman–Crippen LogP) is 3.61. The van der Waals surface area contributed by atoms with Crippen LogP contribution in [0.1, 0.15) is 37.3 Å². The molecule has 0 saturated carbocycles. The SMILES string of the molecule is COc1cnn(C(C)C)c1C(O)CSc1ccccc1C. The topological polar surface area (TPSA) is 47.3 Å². The van der Waals surface area contributed by atoms with E-state index in [9.17, 15) is 5.11 Å². The highest BCUT2D eigenvalue weighted by molar-refractivity contribution is 7.99. The summed E-state index contributed by atoms with van der Waals surface area (Å²) in [5.41, 5.74) is 1.97. The Labute approximate surface area is 130 Å². The maximum atomic E-state index is 10.5. The number of hydrogen-bond donors (Lipinski definition) is 1. The van der Waals surface area contributed by atoms with Gasteiger partial charge in [0.15, 0.2) is 5.75 Å². The molecule has 1 aromatic heterocycles. The molecule has 1 unspecified atom stereocenters. The molecule has 0 radical (unpaired) electrons. The molecule has 0 fully saturated rings. The van der Waals surface area contributed by atoms with Gasteiger partial charge in [0.25, 0.3) is 0 Å². The molecule has 4 nitrogen and oxygen atoms in total. The minimum absolute atomic E-state index is 0.182. The third-order valence-electron chi connectivity index (χ3n) is 3.31. The molecule has 1 heterocycles. The quantitative estimate of drug-likeness (QED) is 0.828. The Morgan fingerprint density at radius 2 is 2.05 bits per heavy atom. The van der Waals surface area contributed by atoms with E-state index in [1.54, 1.807) is 25.1 Å². The van der Waals surface area contributed by atoms with Gasteiger partial charge in [0.05, 0.1) is 13.3 Å². The first kappa shape index (κ1) is 15.9. The summed E-state index contributed by atoms with van der Waals surface area (Å²) in [5.74, 6) is 1.21. The number of ether oxygens (including phenoxy) is 1. The number of nitrogens with zero attached hydrogens (tertiary/aromatic N) is 2. The van der Waals surface area contributed by atoms with Crippen molar-refractivity contribution in [2.24, 2.45) is 0 Å². The van der Waals surface area contributed by atoms with Crippen LogP contribution in [0, 0.1) is 6.92 Å². The minimum Gasteiger partial charge on any atom is -0.493 e. The van der Waals surface area contributed by atoms with Gasteiger partial charge in [0.2, 0.25) is 0 Å². The molecule has 1 N–H and O–H groups in total. The van der Waals surface area contributed by atoms with Gasteiger partial charge in [-0.1, -0.05) is 18.2 Å². The van der Waals surface area contributed by atoms with E-state index in [0.717, 1.165) is 5.69 Å². The van der Waals surface area contributed by atoms with E-state index in [-0.39, 0.29) is 6.04 Å². The Hall–Kier alpha value is -1.46. The average Bonchev–Trinajstić information content (AvgIpc) is 2.90. The lowest BCUT2D eigenvalue weighted by molar-refractivity contribution is 0.184. The molecule has 0 aliphatic rings. The number of benzene rings is 1. The molecule has 0 bridgehead atoms. The van der Waals surface area contributed by atoms with Gasteiger partial charge in [-0.05, 0) is 32.4 Å². The zero-order chi connectivity index (χ0) is 15.4. The highest BCUT2D eigenvalue weighted by atomic mass is 32.2. The zero-order valence-electron chi connectivity index (χ0n) is 12.9. The van der Waals surface area contributed by atoms with Gasteiger partial charge < -0.3 is 9.84 Å². The third kappa shape index (κ3) is 3.60. The van der Waals surface area contributed by atoms with Crippen molar-refractivity contribution in [3.05, 3.63) is 41.7 Å². The molecule has 5 heteroatoms. The molecule has 0 saturated heterocycles. The molecule has 2 rings (SSSR count). The molecule has 0 spiro atoms. The lowest BCUT2D eigenvalue weighted by atomic mass is 10.2. The number of aliphatic hydroxyl groups is 1. The van der Waals surface area contributed by atoms with E-state index in [1.807, 2.05) is 30.7 Å². The van der Waals surface area contributed by atoms with Crippen LogP contribution in [-0.2, 0) is 0 Å². The van der Waals surface area contributed by atoms with Crippen molar-refractivity contribution in [3.8, 4) is 5.75 Å². The molecular formula is C16H22N2O2S.